The van der Waals surface area contributed by atoms with E-state index in [2.05, 4.69) is 0 Å². The Morgan fingerprint density at radius 3 is 2.35 bits per heavy atom. The van der Waals surface area contributed by atoms with Crippen LogP contribution in [0.15, 0.2) is 18.2 Å². The molecule has 5 heteroatoms. The average molecular weight is 249 g/mol. The third-order valence-electron chi connectivity index (χ3n) is 2.95. The van der Waals surface area contributed by atoms with Crippen LogP contribution in [0.25, 0.3) is 0 Å². The van der Waals surface area contributed by atoms with E-state index in [0.29, 0.717) is 6.42 Å². The monoisotopic (exact) mass is 249 g/mol. The molecule has 17 heavy (non-hydrogen) atoms. The molecule has 0 saturated carbocycles. The number of hydrogen-bond donors (Lipinski definition) is 1. The minimum atomic E-state index is -4.72. The van der Waals surface area contributed by atoms with Crippen molar-refractivity contribution >= 4 is 0 Å². The van der Waals surface area contributed by atoms with Crippen LogP contribution in [0.5, 0.6) is 0 Å². The summed E-state index contributed by atoms with van der Waals surface area (Å²) in [6.45, 7) is 3.58. The van der Waals surface area contributed by atoms with Crippen LogP contribution >= 0.6 is 0 Å². The Hall–Kier alpha value is -1.10. The Balaban J connectivity index is 3.29. The van der Waals surface area contributed by atoms with E-state index in [0.717, 1.165) is 6.07 Å². The molecule has 0 aliphatic carbocycles. The van der Waals surface area contributed by atoms with Gasteiger partial charge in [0.1, 0.15) is 5.82 Å². The summed E-state index contributed by atoms with van der Waals surface area (Å²) in [6.07, 6.45) is -4.08. The molecule has 0 amide bonds. The largest absolute Gasteiger partial charge is 0.419 e. The van der Waals surface area contributed by atoms with Crippen LogP contribution in [0, 0.1) is 11.7 Å². The topological polar surface area (TPSA) is 26.0 Å². The van der Waals surface area contributed by atoms with Gasteiger partial charge in [0, 0.05) is 6.04 Å². The van der Waals surface area contributed by atoms with Gasteiger partial charge < -0.3 is 5.73 Å². The molecular formula is C12H15F4N. The third kappa shape index (κ3) is 2.97. The molecule has 0 aliphatic heterocycles. The standard InChI is InChI=1S/C12H15F4N/c1-3-7(2)11(17)8-5-4-6-9(13)10(8)12(14,15)16/h4-7,11H,3,17H2,1-2H3/t7?,11-/m1/s1. The van der Waals surface area contributed by atoms with Crippen molar-refractivity contribution in [3.8, 4) is 0 Å². The van der Waals surface area contributed by atoms with E-state index < -0.39 is 23.6 Å². The molecule has 1 aromatic rings. The lowest BCUT2D eigenvalue weighted by molar-refractivity contribution is -0.140. The van der Waals surface area contributed by atoms with Crippen molar-refractivity contribution in [3.05, 3.63) is 35.1 Å². The quantitative estimate of drug-likeness (QED) is 0.808. The fourth-order valence-corrected chi connectivity index (χ4v) is 1.68. The normalized spacial score (nSPS) is 15.7. The van der Waals surface area contributed by atoms with Gasteiger partial charge in [-0.15, -0.1) is 0 Å². The van der Waals surface area contributed by atoms with E-state index >= 15 is 0 Å². The maximum absolute atomic E-state index is 13.3. The Bertz CT molecular complexity index is 387. The highest BCUT2D eigenvalue weighted by Gasteiger charge is 2.38. The summed E-state index contributed by atoms with van der Waals surface area (Å²) >= 11 is 0. The molecule has 1 aromatic carbocycles. The van der Waals surface area contributed by atoms with E-state index in [9.17, 15) is 17.6 Å². The molecule has 0 heterocycles. The van der Waals surface area contributed by atoms with Crippen LogP contribution in [0.2, 0.25) is 0 Å². The predicted octanol–water partition coefficient (Wildman–Crippen LogP) is 3.89. The first-order chi connectivity index (χ1) is 7.79. The molecule has 0 aromatic heterocycles. The Kier molecular flexibility index (Phi) is 4.14. The van der Waals surface area contributed by atoms with Gasteiger partial charge in [0.15, 0.2) is 0 Å². The number of benzene rings is 1. The second-order valence-electron chi connectivity index (χ2n) is 4.11. The van der Waals surface area contributed by atoms with E-state index in [1.807, 2.05) is 6.92 Å². The van der Waals surface area contributed by atoms with Crippen molar-refractivity contribution in [2.45, 2.75) is 32.5 Å². The minimum Gasteiger partial charge on any atom is -0.324 e. The van der Waals surface area contributed by atoms with Gasteiger partial charge in [0.2, 0.25) is 0 Å². The summed E-state index contributed by atoms with van der Waals surface area (Å²) in [7, 11) is 0. The first-order valence-electron chi connectivity index (χ1n) is 5.40. The lowest BCUT2D eigenvalue weighted by atomic mass is 9.90. The molecule has 1 rings (SSSR count). The minimum absolute atomic E-state index is 0.141. The predicted molar refractivity (Wildman–Crippen MR) is 57.8 cm³/mol. The summed E-state index contributed by atoms with van der Waals surface area (Å²) in [5.41, 5.74) is 4.33. The fourth-order valence-electron chi connectivity index (χ4n) is 1.68. The molecule has 0 bridgehead atoms. The van der Waals surface area contributed by atoms with Gasteiger partial charge in [-0.2, -0.15) is 13.2 Å². The molecule has 0 aliphatic rings. The van der Waals surface area contributed by atoms with Gasteiger partial charge >= 0.3 is 6.18 Å². The van der Waals surface area contributed by atoms with E-state index in [4.69, 9.17) is 5.73 Å². The van der Waals surface area contributed by atoms with Crippen LogP contribution in [-0.2, 0) is 6.18 Å². The van der Waals surface area contributed by atoms with Gasteiger partial charge in [-0.25, -0.2) is 4.39 Å². The van der Waals surface area contributed by atoms with Gasteiger partial charge in [0.05, 0.1) is 5.56 Å². The molecule has 2 atom stereocenters. The Morgan fingerprint density at radius 2 is 1.88 bits per heavy atom. The molecule has 0 saturated heterocycles. The highest BCUT2D eigenvalue weighted by atomic mass is 19.4. The lowest BCUT2D eigenvalue weighted by Crippen LogP contribution is -2.23. The number of hydrogen-bond acceptors (Lipinski definition) is 1. The number of rotatable bonds is 3. The molecule has 0 spiro atoms. The highest BCUT2D eigenvalue weighted by molar-refractivity contribution is 5.34. The van der Waals surface area contributed by atoms with Crippen molar-refractivity contribution in [2.75, 3.05) is 0 Å². The Labute approximate surface area is 97.6 Å². The van der Waals surface area contributed by atoms with Crippen LogP contribution in [0.1, 0.15) is 37.4 Å². The number of halogens is 4. The van der Waals surface area contributed by atoms with Crippen molar-refractivity contribution in [3.63, 3.8) is 0 Å². The summed E-state index contributed by atoms with van der Waals surface area (Å²) in [5, 5.41) is 0. The van der Waals surface area contributed by atoms with Crippen molar-refractivity contribution in [1.29, 1.82) is 0 Å². The molecule has 1 unspecified atom stereocenters. The maximum Gasteiger partial charge on any atom is 0.419 e. The first-order valence-corrected chi connectivity index (χ1v) is 5.40. The molecule has 0 radical (unpaired) electrons. The lowest BCUT2D eigenvalue weighted by Gasteiger charge is -2.23. The zero-order valence-electron chi connectivity index (χ0n) is 9.68. The average Bonchev–Trinajstić information content (AvgIpc) is 2.24. The van der Waals surface area contributed by atoms with Crippen LogP contribution in [0.3, 0.4) is 0 Å². The molecule has 1 nitrogen and oxygen atoms in total. The summed E-state index contributed by atoms with van der Waals surface area (Å²) in [6, 6.07) is 2.48. The van der Waals surface area contributed by atoms with E-state index in [-0.39, 0.29) is 11.5 Å². The van der Waals surface area contributed by atoms with Gasteiger partial charge in [-0.05, 0) is 17.5 Å². The second-order valence-corrected chi connectivity index (χ2v) is 4.11. The highest BCUT2D eigenvalue weighted by Crippen LogP contribution is 2.37. The van der Waals surface area contributed by atoms with Crippen LogP contribution in [0.4, 0.5) is 17.6 Å². The maximum atomic E-state index is 13.3. The molecule has 0 fully saturated rings. The summed E-state index contributed by atoms with van der Waals surface area (Å²) in [5.74, 6) is -1.41. The molecule has 2 N–H and O–H groups in total. The van der Waals surface area contributed by atoms with Crippen molar-refractivity contribution in [2.24, 2.45) is 11.7 Å². The van der Waals surface area contributed by atoms with E-state index in [1.54, 1.807) is 6.92 Å². The Morgan fingerprint density at radius 1 is 1.29 bits per heavy atom. The molecule has 96 valence electrons. The van der Waals surface area contributed by atoms with Crippen molar-refractivity contribution < 1.29 is 17.6 Å². The zero-order chi connectivity index (χ0) is 13.2. The van der Waals surface area contributed by atoms with Crippen LogP contribution in [-0.4, -0.2) is 0 Å². The number of nitrogens with two attached hydrogens (primary N) is 1. The third-order valence-corrected chi connectivity index (χ3v) is 2.95. The number of alkyl halides is 3. The van der Waals surface area contributed by atoms with E-state index in [1.165, 1.54) is 12.1 Å². The second kappa shape index (κ2) is 5.04. The first kappa shape index (κ1) is 14.0. The van der Waals surface area contributed by atoms with Gasteiger partial charge in [0.25, 0.3) is 0 Å². The zero-order valence-corrected chi connectivity index (χ0v) is 9.68. The summed E-state index contributed by atoms with van der Waals surface area (Å²) in [4.78, 5) is 0. The summed E-state index contributed by atoms with van der Waals surface area (Å²) < 4.78 is 51.5. The van der Waals surface area contributed by atoms with Gasteiger partial charge in [-0.3, -0.25) is 0 Å². The fraction of sp³-hybridized carbons (Fsp3) is 0.500. The van der Waals surface area contributed by atoms with Crippen LogP contribution < -0.4 is 5.73 Å². The van der Waals surface area contributed by atoms with Crippen molar-refractivity contribution in [1.82, 2.24) is 0 Å². The molecular weight excluding hydrogens is 234 g/mol. The SMILES string of the molecule is CCC(C)[C@@H](N)c1cccc(F)c1C(F)(F)F. The smallest absolute Gasteiger partial charge is 0.324 e. The van der Waals surface area contributed by atoms with Gasteiger partial charge in [-0.1, -0.05) is 32.4 Å².